The number of nitrogens with one attached hydrogen (secondary N) is 1. The van der Waals surface area contributed by atoms with Crippen LogP contribution in [0.25, 0.3) is 11.3 Å². The fraction of sp³-hybridized carbons (Fsp3) is 0.0909. The Bertz CT molecular complexity index is 610. The monoisotopic (exact) mass is 286 g/mol. The molecule has 18 heavy (non-hydrogen) atoms. The van der Waals surface area contributed by atoms with E-state index in [2.05, 4.69) is 10.2 Å². The average Bonchev–Trinajstić information content (AvgIpc) is 2.81. The fourth-order valence-corrected chi connectivity index (χ4v) is 1.96. The Morgan fingerprint density at radius 3 is 2.67 bits per heavy atom. The normalized spacial score (nSPS) is 10.4. The Morgan fingerprint density at radius 2 is 2.11 bits per heavy atom. The van der Waals surface area contributed by atoms with Crippen LogP contribution in [0.5, 0.6) is 5.75 Å². The number of aromatic amines is 1. The van der Waals surface area contributed by atoms with Crippen molar-refractivity contribution in [1.82, 2.24) is 10.2 Å². The van der Waals surface area contributed by atoms with Crippen LogP contribution in [0.3, 0.4) is 0 Å². The van der Waals surface area contributed by atoms with Gasteiger partial charge in [0, 0.05) is 16.7 Å². The Morgan fingerprint density at radius 1 is 1.39 bits per heavy atom. The van der Waals surface area contributed by atoms with Gasteiger partial charge in [0.05, 0.1) is 17.8 Å². The van der Waals surface area contributed by atoms with E-state index in [1.807, 2.05) is 0 Å². The molecule has 2 rings (SSSR count). The van der Waals surface area contributed by atoms with Crippen LogP contribution in [-0.2, 0) is 0 Å². The molecule has 0 bridgehead atoms. The van der Waals surface area contributed by atoms with Crippen molar-refractivity contribution in [3.8, 4) is 17.0 Å². The molecule has 0 unspecified atom stereocenters. The van der Waals surface area contributed by atoms with Crippen molar-refractivity contribution in [3.05, 3.63) is 33.9 Å². The van der Waals surface area contributed by atoms with Crippen molar-refractivity contribution < 1.29 is 14.6 Å². The first-order chi connectivity index (χ1) is 8.52. The van der Waals surface area contributed by atoms with E-state index >= 15 is 0 Å². The van der Waals surface area contributed by atoms with E-state index in [-0.39, 0.29) is 5.69 Å². The number of aromatic nitrogens is 2. The molecule has 0 saturated heterocycles. The fourth-order valence-electron chi connectivity index (χ4n) is 1.47. The average molecular weight is 287 g/mol. The number of nitrogens with zero attached hydrogens (tertiary/aromatic N) is 1. The van der Waals surface area contributed by atoms with Crippen molar-refractivity contribution in [3.63, 3.8) is 0 Å². The molecule has 1 aromatic heterocycles. The lowest BCUT2D eigenvalue weighted by atomic mass is 10.1. The molecule has 5 nitrogen and oxygen atoms in total. The van der Waals surface area contributed by atoms with Crippen LogP contribution < -0.4 is 4.74 Å². The standard InChI is InChI=1S/C11H8Cl2N2O3/c1-18-9-3-5(12)2-6(10(9)13)7-4-8(11(16)17)15-14-7/h2-4H,1H3,(H,14,15)(H,16,17). The van der Waals surface area contributed by atoms with E-state index < -0.39 is 5.97 Å². The number of carboxylic acid groups (broad SMARTS) is 1. The number of carboxylic acids is 1. The summed E-state index contributed by atoms with van der Waals surface area (Å²) in [5.74, 6) is -0.696. The van der Waals surface area contributed by atoms with Gasteiger partial charge >= 0.3 is 5.97 Å². The molecule has 0 saturated carbocycles. The summed E-state index contributed by atoms with van der Waals surface area (Å²) in [5.41, 5.74) is 0.864. The van der Waals surface area contributed by atoms with E-state index in [0.717, 1.165) is 0 Å². The summed E-state index contributed by atoms with van der Waals surface area (Å²) >= 11 is 12.0. The zero-order valence-corrected chi connectivity index (χ0v) is 10.7. The van der Waals surface area contributed by atoms with Crippen molar-refractivity contribution in [2.75, 3.05) is 7.11 Å². The summed E-state index contributed by atoms with van der Waals surface area (Å²) < 4.78 is 5.07. The lowest BCUT2D eigenvalue weighted by molar-refractivity contribution is 0.0690. The molecule has 0 atom stereocenters. The van der Waals surface area contributed by atoms with Crippen molar-refractivity contribution in [2.24, 2.45) is 0 Å². The molecular formula is C11H8Cl2N2O3. The number of halogens is 2. The Balaban J connectivity index is 2.55. The van der Waals surface area contributed by atoms with E-state index in [4.69, 9.17) is 33.0 Å². The maximum Gasteiger partial charge on any atom is 0.353 e. The molecule has 0 amide bonds. The quantitative estimate of drug-likeness (QED) is 0.909. The van der Waals surface area contributed by atoms with Crippen LogP contribution in [0.1, 0.15) is 10.5 Å². The topological polar surface area (TPSA) is 75.2 Å². The van der Waals surface area contributed by atoms with Gasteiger partial charge in [0.2, 0.25) is 0 Å². The second-order valence-electron chi connectivity index (χ2n) is 3.44. The highest BCUT2D eigenvalue weighted by molar-refractivity contribution is 6.36. The zero-order chi connectivity index (χ0) is 13.3. The number of carbonyl (C=O) groups is 1. The largest absolute Gasteiger partial charge is 0.495 e. The van der Waals surface area contributed by atoms with Crippen molar-refractivity contribution in [2.45, 2.75) is 0 Å². The van der Waals surface area contributed by atoms with Crippen LogP contribution >= 0.6 is 23.2 Å². The molecular weight excluding hydrogens is 279 g/mol. The molecule has 0 radical (unpaired) electrons. The molecule has 0 aliphatic heterocycles. The summed E-state index contributed by atoms with van der Waals surface area (Å²) in [5, 5.41) is 15.8. The molecule has 1 aromatic carbocycles. The van der Waals surface area contributed by atoms with Gasteiger partial charge in [-0.3, -0.25) is 5.10 Å². The number of hydrogen-bond acceptors (Lipinski definition) is 3. The number of hydrogen-bond donors (Lipinski definition) is 2. The molecule has 94 valence electrons. The highest BCUT2D eigenvalue weighted by atomic mass is 35.5. The first kappa shape index (κ1) is 12.7. The lowest BCUT2D eigenvalue weighted by Crippen LogP contribution is -1.95. The van der Waals surface area contributed by atoms with Gasteiger partial charge in [0.15, 0.2) is 0 Å². The Kier molecular flexibility index (Phi) is 3.45. The van der Waals surface area contributed by atoms with Gasteiger partial charge in [-0.15, -0.1) is 0 Å². The van der Waals surface area contributed by atoms with Crippen molar-refractivity contribution in [1.29, 1.82) is 0 Å². The van der Waals surface area contributed by atoms with E-state index in [1.165, 1.54) is 13.2 Å². The number of benzene rings is 1. The Labute approximate surface area is 112 Å². The Hall–Kier alpha value is -1.72. The molecule has 0 spiro atoms. The van der Waals surface area contributed by atoms with E-state index in [0.29, 0.717) is 27.1 Å². The van der Waals surface area contributed by atoms with Gasteiger partial charge in [-0.2, -0.15) is 5.10 Å². The van der Waals surface area contributed by atoms with Crippen LogP contribution in [-0.4, -0.2) is 28.4 Å². The molecule has 0 fully saturated rings. The highest BCUT2D eigenvalue weighted by Gasteiger charge is 2.15. The van der Waals surface area contributed by atoms with Crippen LogP contribution in [0.4, 0.5) is 0 Å². The van der Waals surface area contributed by atoms with Gasteiger partial charge in [0.1, 0.15) is 11.4 Å². The summed E-state index contributed by atoms with van der Waals surface area (Å²) in [6, 6.07) is 4.53. The molecule has 7 heteroatoms. The molecule has 2 N–H and O–H groups in total. The van der Waals surface area contributed by atoms with E-state index in [1.54, 1.807) is 12.1 Å². The van der Waals surface area contributed by atoms with E-state index in [9.17, 15) is 4.79 Å². The summed E-state index contributed by atoms with van der Waals surface area (Å²) in [6.45, 7) is 0. The summed E-state index contributed by atoms with van der Waals surface area (Å²) in [6.07, 6.45) is 0. The number of rotatable bonds is 3. The summed E-state index contributed by atoms with van der Waals surface area (Å²) in [7, 11) is 1.47. The van der Waals surface area contributed by atoms with Gasteiger partial charge in [-0.1, -0.05) is 23.2 Å². The molecule has 1 heterocycles. The summed E-state index contributed by atoms with van der Waals surface area (Å²) in [4.78, 5) is 10.8. The van der Waals surface area contributed by atoms with Crippen molar-refractivity contribution >= 4 is 29.2 Å². The number of ether oxygens (including phenoxy) is 1. The van der Waals surface area contributed by atoms with Crippen LogP contribution in [0, 0.1) is 0 Å². The highest BCUT2D eigenvalue weighted by Crippen LogP contribution is 2.37. The van der Waals surface area contributed by atoms with Crippen LogP contribution in [0.2, 0.25) is 10.0 Å². The van der Waals surface area contributed by atoms with Gasteiger partial charge in [0.25, 0.3) is 0 Å². The smallest absolute Gasteiger partial charge is 0.353 e. The maximum atomic E-state index is 10.8. The third kappa shape index (κ3) is 2.27. The van der Waals surface area contributed by atoms with Gasteiger partial charge in [-0.05, 0) is 12.1 Å². The molecule has 0 aliphatic carbocycles. The minimum atomic E-state index is -1.10. The predicted octanol–water partition coefficient (Wildman–Crippen LogP) is 3.09. The molecule has 2 aromatic rings. The third-order valence-electron chi connectivity index (χ3n) is 2.31. The van der Waals surface area contributed by atoms with Crippen LogP contribution in [0.15, 0.2) is 18.2 Å². The minimum Gasteiger partial charge on any atom is -0.495 e. The number of aromatic carboxylic acids is 1. The zero-order valence-electron chi connectivity index (χ0n) is 9.20. The predicted molar refractivity (Wildman–Crippen MR) is 67.6 cm³/mol. The van der Waals surface area contributed by atoms with Gasteiger partial charge in [-0.25, -0.2) is 4.79 Å². The minimum absolute atomic E-state index is 0.0278. The second-order valence-corrected chi connectivity index (χ2v) is 4.26. The first-order valence-electron chi connectivity index (χ1n) is 4.85. The molecule has 0 aliphatic rings. The van der Waals surface area contributed by atoms with Gasteiger partial charge < -0.3 is 9.84 Å². The first-order valence-corrected chi connectivity index (χ1v) is 5.60. The number of methoxy groups -OCH3 is 1. The maximum absolute atomic E-state index is 10.8. The second kappa shape index (κ2) is 4.88. The number of H-pyrrole nitrogens is 1. The SMILES string of the molecule is COc1cc(Cl)cc(-c2cc(C(=O)O)[nH]n2)c1Cl. The lowest BCUT2D eigenvalue weighted by Gasteiger charge is -2.07. The third-order valence-corrected chi connectivity index (χ3v) is 2.92.